The fourth-order valence-electron chi connectivity index (χ4n) is 2.32. The van der Waals surface area contributed by atoms with Gasteiger partial charge in [0.1, 0.15) is 6.61 Å². The van der Waals surface area contributed by atoms with Crippen LogP contribution in [0.3, 0.4) is 0 Å². The molecule has 0 unspecified atom stereocenters. The normalized spacial score (nSPS) is 10.7. The van der Waals surface area contributed by atoms with E-state index in [2.05, 4.69) is 15.9 Å². The third-order valence-electron chi connectivity index (χ3n) is 3.60. The van der Waals surface area contributed by atoms with Crippen molar-refractivity contribution >= 4 is 32.7 Å². The van der Waals surface area contributed by atoms with Crippen LogP contribution in [0, 0.1) is 0 Å². The van der Waals surface area contributed by atoms with Gasteiger partial charge in [-0.25, -0.2) is 4.79 Å². The molecule has 4 nitrogen and oxygen atoms in total. The van der Waals surface area contributed by atoms with Crippen LogP contribution < -0.4 is 5.56 Å². The maximum Gasteiger partial charge on any atom is 0.339 e. The second kappa shape index (κ2) is 6.38. The smallest absolute Gasteiger partial charge is 0.339 e. The van der Waals surface area contributed by atoms with E-state index in [-0.39, 0.29) is 12.2 Å². The van der Waals surface area contributed by atoms with Gasteiger partial charge in [-0.2, -0.15) is 0 Å². The van der Waals surface area contributed by atoms with Gasteiger partial charge in [0.25, 0.3) is 5.56 Å². The minimum Gasteiger partial charge on any atom is -0.457 e. The predicted molar refractivity (Wildman–Crippen MR) is 92.5 cm³/mol. The molecule has 0 fully saturated rings. The molecule has 0 saturated carbocycles. The molecule has 2 aromatic carbocycles. The zero-order valence-corrected chi connectivity index (χ0v) is 14.0. The summed E-state index contributed by atoms with van der Waals surface area (Å²) in [4.78, 5) is 24.5. The molecule has 3 rings (SSSR count). The zero-order valence-electron chi connectivity index (χ0n) is 12.5. The number of hydrogen-bond donors (Lipinski definition) is 0. The number of carbonyl (C=O) groups is 1. The average molecular weight is 372 g/mol. The fraction of sp³-hybridized carbons (Fsp3) is 0.111. The van der Waals surface area contributed by atoms with E-state index >= 15 is 0 Å². The first kappa shape index (κ1) is 15.5. The molecule has 1 aromatic heterocycles. The minimum atomic E-state index is -0.464. The Hall–Kier alpha value is -2.40. The van der Waals surface area contributed by atoms with E-state index in [4.69, 9.17) is 4.74 Å². The van der Waals surface area contributed by atoms with E-state index in [0.29, 0.717) is 15.4 Å². The van der Waals surface area contributed by atoms with Crippen LogP contribution in [0.15, 0.2) is 64.0 Å². The van der Waals surface area contributed by atoms with Crippen molar-refractivity contribution in [3.63, 3.8) is 0 Å². The molecule has 0 atom stereocenters. The highest BCUT2D eigenvalue weighted by atomic mass is 79.9. The third-order valence-corrected chi connectivity index (χ3v) is 4.26. The number of nitrogens with zero attached hydrogens (tertiary/aromatic N) is 1. The summed E-state index contributed by atoms with van der Waals surface area (Å²) < 4.78 is 7.43. The summed E-state index contributed by atoms with van der Waals surface area (Å²) in [5.74, 6) is -0.464. The Morgan fingerprint density at radius 2 is 1.91 bits per heavy atom. The number of benzene rings is 2. The van der Waals surface area contributed by atoms with E-state index in [1.165, 1.54) is 4.57 Å². The number of hydrogen-bond acceptors (Lipinski definition) is 3. The van der Waals surface area contributed by atoms with Crippen molar-refractivity contribution in [2.45, 2.75) is 6.61 Å². The van der Waals surface area contributed by atoms with Gasteiger partial charge in [0.05, 0.1) is 5.56 Å². The van der Waals surface area contributed by atoms with E-state index in [9.17, 15) is 9.59 Å². The lowest BCUT2D eigenvalue weighted by molar-refractivity contribution is 0.0472. The van der Waals surface area contributed by atoms with Crippen LogP contribution in [0.25, 0.3) is 10.8 Å². The van der Waals surface area contributed by atoms with Gasteiger partial charge in [-0.05, 0) is 45.1 Å². The monoisotopic (exact) mass is 371 g/mol. The summed E-state index contributed by atoms with van der Waals surface area (Å²) >= 11 is 3.38. The van der Waals surface area contributed by atoms with Gasteiger partial charge in [-0.1, -0.05) is 30.3 Å². The van der Waals surface area contributed by atoms with Crippen LogP contribution in [-0.2, 0) is 18.4 Å². The molecule has 0 aliphatic heterocycles. The molecule has 0 bridgehead atoms. The van der Waals surface area contributed by atoms with Gasteiger partial charge in [-0.3, -0.25) is 4.79 Å². The van der Waals surface area contributed by atoms with Crippen LogP contribution in [0.1, 0.15) is 15.9 Å². The summed E-state index contributed by atoms with van der Waals surface area (Å²) in [5, 5.41) is 1.27. The number of carbonyl (C=O) groups excluding carboxylic acids is 1. The number of esters is 1. The van der Waals surface area contributed by atoms with Crippen molar-refractivity contribution < 1.29 is 9.53 Å². The van der Waals surface area contributed by atoms with Crippen molar-refractivity contribution in [1.29, 1.82) is 0 Å². The number of aryl methyl sites for hydroxylation is 1. The first-order valence-electron chi connectivity index (χ1n) is 7.06. The fourth-order valence-corrected chi connectivity index (χ4v) is 2.84. The molecule has 23 heavy (non-hydrogen) atoms. The molecule has 1 heterocycles. The zero-order chi connectivity index (χ0) is 16.4. The molecule has 0 spiro atoms. The molecule has 5 heteroatoms. The van der Waals surface area contributed by atoms with Gasteiger partial charge in [0.15, 0.2) is 0 Å². The average Bonchev–Trinajstić information content (AvgIpc) is 2.57. The number of pyridine rings is 1. The Morgan fingerprint density at radius 3 is 2.65 bits per heavy atom. The molecule has 116 valence electrons. The molecule has 3 aromatic rings. The number of aromatic nitrogens is 1. The first-order valence-corrected chi connectivity index (χ1v) is 7.85. The lowest BCUT2D eigenvalue weighted by Gasteiger charge is -2.08. The molecule has 0 aliphatic carbocycles. The van der Waals surface area contributed by atoms with Gasteiger partial charge in [-0.15, -0.1) is 0 Å². The number of halogens is 1. The van der Waals surface area contributed by atoms with Crippen LogP contribution in [0.5, 0.6) is 0 Å². The molecule has 0 aliphatic rings. The van der Waals surface area contributed by atoms with E-state index in [1.54, 1.807) is 25.4 Å². The van der Waals surface area contributed by atoms with Crippen molar-refractivity contribution in [2.24, 2.45) is 7.05 Å². The number of ether oxygens (including phenoxy) is 1. The van der Waals surface area contributed by atoms with Crippen molar-refractivity contribution in [3.05, 3.63) is 80.7 Å². The molecular weight excluding hydrogens is 358 g/mol. The lowest BCUT2D eigenvalue weighted by Crippen LogP contribution is -2.16. The molecule has 0 saturated heterocycles. The summed E-state index contributed by atoms with van der Waals surface area (Å²) in [6.07, 6.45) is 1.70. The van der Waals surface area contributed by atoms with Crippen LogP contribution in [-0.4, -0.2) is 10.5 Å². The lowest BCUT2D eigenvalue weighted by atomic mass is 10.1. The van der Waals surface area contributed by atoms with E-state index in [0.717, 1.165) is 10.9 Å². The second-order valence-corrected chi connectivity index (χ2v) is 6.07. The van der Waals surface area contributed by atoms with E-state index in [1.807, 2.05) is 36.4 Å². The van der Waals surface area contributed by atoms with Gasteiger partial charge in [0, 0.05) is 23.1 Å². The van der Waals surface area contributed by atoms with Crippen molar-refractivity contribution in [1.82, 2.24) is 4.57 Å². The van der Waals surface area contributed by atoms with Crippen LogP contribution in [0.2, 0.25) is 0 Å². The Balaban J connectivity index is 1.92. The number of rotatable bonds is 3. The summed E-state index contributed by atoms with van der Waals surface area (Å²) in [6, 6.07) is 14.6. The van der Waals surface area contributed by atoms with Crippen LogP contribution in [0.4, 0.5) is 0 Å². The molecule has 0 amide bonds. The highest BCUT2D eigenvalue weighted by Crippen LogP contribution is 2.23. The maximum atomic E-state index is 12.3. The van der Waals surface area contributed by atoms with Crippen molar-refractivity contribution in [3.8, 4) is 0 Å². The second-order valence-electron chi connectivity index (χ2n) is 5.21. The van der Waals surface area contributed by atoms with Gasteiger partial charge < -0.3 is 9.30 Å². The number of fused-ring (bicyclic) bond motifs is 1. The SMILES string of the molecule is Cn1ccc2cc(Br)c(C(=O)OCc3ccccc3)cc2c1=O. The highest BCUT2D eigenvalue weighted by molar-refractivity contribution is 9.10. The Morgan fingerprint density at radius 1 is 1.17 bits per heavy atom. The highest BCUT2D eigenvalue weighted by Gasteiger charge is 2.14. The molecule has 0 radical (unpaired) electrons. The predicted octanol–water partition coefficient (Wildman–Crippen LogP) is 3.66. The molecule has 0 N–H and O–H groups in total. The van der Waals surface area contributed by atoms with Crippen molar-refractivity contribution in [2.75, 3.05) is 0 Å². The minimum absolute atomic E-state index is 0.146. The first-order chi connectivity index (χ1) is 11.1. The molecular formula is C18H14BrNO3. The van der Waals surface area contributed by atoms with Gasteiger partial charge >= 0.3 is 5.97 Å². The standard InChI is InChI=1S/C18H14BrNO3/c1-20-8-7-13-9-16(19)15(10-14(13)17(20)21)18(22)23-11-12-5-3-2-4-6-12/h2-10H,11H2,1H3. The third kappa shape index (κ3) is 3.19. The van der Waals surface area contributed by atoms with Crippen LogP contribution >= 0.6 is 15.9 Å². The van der Waals surface area contributed by atoms with E-state index < -0.39 is 5.97 Å². The quantitative estimate of drug-likeness (QED) is 0.660. The Bertz CT molecular complexity index is 932. The Labute approximate surface area is 141 Å². The Kier molecular flexibility index (Phi) is 4.30. The van der Waals surface area contributed by atoms with Gasteiger partial charge in [0.2, 0.25) is 0 Å². The summed E-state index contributed by atoms with van der Waals surface area (Å²) in [6.45, 7) is 0.191. The maximum absolute atomic E-state index is 12.3. The summed E-state index contributed by atoms with van der Waals surface area (Å²) in [7, 11) is 1.68. The summed E-state index contributed by atoms with van der Waals surface area (Å²) in [5.41, 5.74) is 1.11. The largest absolute Gasteiger partial charge is 0.457 e. The topological polar surface area (TPSA) is 48.3 Å².